The van der Waals surface area contributed by atoms with Crippen LogP contribution in [0.25, 0.3) is 11.4 Å². The van der Waals surface area contributed by atoms with Gasteiger partial charge in [-0.1, -0.05) is 73.1 Å². The van der Waals surface area contributed by atoms with Gasteiger partial charge >= 0.3 is 0 Å². The summed E-state index contributed by atoms with van der Waals surface area (Å²) in [6.07, 6.45) is 1.00. The second-order valence-electron chi connectivity index (χ2n) is 8.00. The summed E-state index contributed by atoms with van der Waals surface area (Å²) in [5, 5.41) is 4.75. The Balaban J connectivity index is 1.74. The van der Waals surface area contributed by atoms with Crippen LogP contribution >= 0.6 is 11.6 Å². The largest absolute Gasteiger partial charge is 0.339 e. The number of nitrogens with zero attached hydrogens (tertiary/aromatic N) is 3. The van der Waals surface area contributed by atoms with E-state index in [4.69, 9.17) is 16.1 Å². The second-order valence-corrected chi connectivity index (χ2v) is 8.40. The summed E-state index contributed by atoms with van der Waals surface area (Å²) < 4.78 is 5.44. The Kier molecular flexibility index (Phi) is 7.27. The number of halogens is 1. The van der Waals surface area contributed by atoms with E-state index in [-0.39, 0.29) is 11.9 Å². The van der Waals surface area contributed by atoms with Gasteiger partial charge in [0.2, 0.25) is 17.6 Å². The van der Waals surface area contributed by atoms with Gasteiger partial charge < -0.3 is 9.42 Å². The summed E-state index contributed by atoms with van der Waals surface area (Å²) in [4.78, 5) is 19.3. The molecule has 1 aromatic heterocycles. The van der Waals surface area contributed by atoms with E-state index in [9.17, 15) is 4.79 Å². The fourth-order valence-electron chi connectivity index (χ4n) is 3.33. The monoisotopic (exact) mass is 425 g/mol. The van der Waals surface area contributed by atoms with Gasteiger partial charge in [-0.05, 0) is 37.0 Å². The Hall–Kier alpha value is -2.66. The lowest BCUT2D eigenvalue weighted by Crippen LogP contribution is -2.36. The summed E-state index contributed by atoms with van der Waals surface area (Å²) in [6, 6.07) is 15.7. The normalized spacial score (nSPS) is 12.2. The third kappa shape index (κ3) is 5.48. The van der Waals surface area contributed by atoms with Gasteiger partial charge in [-0.15, -0.1) is 0 Å². The Bertz CT molecular complexity index is 985. The smallest absolute Gasteiger partial charge is 0.228 e. The topological polar surface area (TPSA) is 59.2 Å². The molecule has 0 bridgehead atoms. The first-order chi connectivity index (χ1) is 14.3. The van der Waals surface area contributed by atoms with Gasteiger partial charge in [0.15, 0.2) is 0 Å². The van der Waals surface area contributed by atoms with Crippen LogP contribution in [0.1, 0.15) is 50.3 Å². The number of hydrogen-bond acceptors (Lipinski definition) is 4. The van der Waals surface area contributed by atoms with Crippen LogP contribution in [0.4, 0.5) is 0 Å². The van der Waals surface area contributed by atoms with Crippen molar-refractivity contribution in [1.82, 2.24) is 15.0 Å². The first-order valence-electron chi connectivity index (χ1n) is 10.3. The first kappa shape index (κ1) is 22.0. The molecule has 3 rings (SSSR count). The lowest BCUT2D eigenvalue weighted by molar-refractivity contribution is -0.134. The van der Waals surface area contributed by atoms with E-state index in [0.29, 0.717) is 42.0 Å². The molecule has 0 spiro atoms. The van der Waals surface area contributed by atoms with Gasteiger partial charge in [0.25, 0.3) is 0 Å². The number of carbonyl (C=O) groups is 1. The molecule has 1 amide bonds. The molecule has 0 saturated heterocycles. The van der Waals surface area contributed by atoms with Crippen molar-refractivity contribution in [3.63, 3.8) is 0 Å². The zero-order valence-electron chi connectivity index (χ0n) is 17.9. The van der Waals surface area contributed by atoms with E-state index in [1.807, 2.05) is 60.4 Å². The number of carbonyl (C=O) groups excluding carboxylic acids is 1. The Labute approximate surface area is 183 Å². The highest BCUT2D eigenvalue weighted by molar-refractivity contribution is 6.31. The molecule has 5 nitrogen and oxygen atoms in total. The summed E-state index contributed by atoms with van der Waals surface area (Å²) >= 11 is 6.21. The summed E-state index contributed by atoms with van der Waals surface area (Å²) in [7, 11) is 0. The lowest BCUT2D eigenvalue weighted by Gasteiger charge is -2.30. The van der Waals surface area contributed by atoms with Crippen LogP contribution in [-0.2, 0) is 11.2 Å². The molecule has 2 aromatic carbocycles. The molecule has 0 radical (unpaired) electrons. The maximum absolute atomic E-state index is 12.9. The molecule has 3 aromatic rings. The van der Waals surface area contributed by atoms with Crippen LogP contribution in [0.2, 0.25) is 5.02 Å². The maximum Gasteiger partial charge on any atom is 0.228 e. The van der Waals surface area contributed by atoms with Gasteiger partial charge in [-0.3, -0.25) is 4.79 Å². The molecule has 1 heterocycles. The lowest BCUT2D eigenvalue weighted by atomic mass is 10.0. The van der Waals surface area contributed by atoms with Crippen molar-refractivity contribution in [2.24, 2.45) is 5.92 Å². The van der Waals surface area contributed by atoms with Crippen molar-refractivity contribution in [2.45, 2.75) is 46.6 Å². The third-order valence-electron chi connectivity index (χ3n) is 5.12. The maximum atomic E-state index is 12.9. The van der Waals surface area contributed by atoms with Crippen molar-refractivity contribution in [1.29, 1.82) is 0 Å². The average molecular weight is 426 g/mol. The van der Waals surface area contributed by atoms with Gasteiger partial charge in [0.1, 0.15) is 0 Å². The molecule has 0 aliphatic heterocycles. The SMILES string of the molecule is Cc1ccc(-c2noc(CCN(C(=O)CC(C)C)C(C)c3ccccc3)n2)cc1Cl. The van der Waals surface area contributed by atoms with Crippen LogP contribution in [0.15, 0.2) is 53.1 Å². The predicted octanol–water partition coefficient (Wildman–Crippen LogP) is 5.88. The second kappa shape index (κ2) is 9.90. The highest BCUT2D eigenvalue weighted by atomic mass is 35.5. The number of benzene rings is 2. The molecule has 0 N–H and O–H groups in total. The van der Waals surface area contributed by atoms with Crippen LogP contribution in [-0.4, -0.2) is 27.5 Å². The molecule has 6 heteroatoms. The van der Waals surface area contributed by atoms with Gasteiger partial charge in [-0.25, -0.2) is 0 Å². The summed E-state index contributed by atoms with van der Waals surface area (Å²) in [6.45, 7) is 8.63. The number of aromatic nitrogens is 2. The van der Waals surface area contributed by atoms with Crippen LogP contribution in [0, 0.1) is 12.8 Å². The minimum atomic E-state index is -0.0317. The van der Waals surface area contributed by atoms with Crippen LogP contribution in [0.5, 0.6) is 0 Å². The minimum Gasteiger partial charge on any atom is -0.339 e. The predicted molar refractivity (Wildman–Crippen MR) is 119 cm³/mol. The molecule has 0 fully saturated rings. The zero-order valence-corrected chi connectivity index (χ0v) is 18.7. The van der Waals surface area contributed by atoms with E-state index < -0.39 is 0 Å². The molecule has 1 atom stereocenters. The fourth-order valence-corrected chi connectivity index (χ4v) is 3.51. The van der Waals surface area contributed by atoms with E-state index >= 15 is 0 Å². The van der Waals surface area contributed by atoms with Crippen molar-refractivity contribution >= 4 is 17.5 Å². The van der Waals surface area contributed by atoms with Crippen molar-refractivity contribution in [3.8, 4) is 11.4 Å². The molecular formula is C24H28ClN3O2. The number of hydrogen-bond donors (Lipinski definition) is 0. The third-order valence-corrected chi connectivity index (χ3v) is 5.52. The van der Waals surface area contributed by atoms with E-state index in [0.717, 1.165) is 16.7 Å². The van der Waals surface area contributed by atoms with E-state index in [2.05, 4.69) is 30.9 Å². The summed E-state index contributed by atoms with van der Waals surface area (Å²) in [5.41, 5.74) is 2.92. The quantitative estimate of drug-likeness (QED) is 0.452. The first-order valence-corrected chi connectivity index (χ1v) is 10.7. The van der Waals surface area contributed by atoms with Gasteiger partial charge in [0, 0.05) is 30.0 Å². The highest BCUT2D eigenvalue weighted by Gasteiger charge is 2.23. The molecular weight excluding hydrogens is 398 g/mol. The standard InChI is InChI=1S/C24H28ClN3O2/c1-16(2)14-23(29)28(18(4)19-8-6-5-7-9-19)13-12-22-26-24(27-30-22)20-11-10-17(3)21(25)15-20/h5-11,15-16,18H,12-14H2,1-4H3. The number of amides is 1. The van der Waals surface area contributed by atoms with E-state index in [1.54, 1.807) is 0 Å². The molecule has 1 unspecified atom stereocenters. The Morgan fingerprint density at radius 2 is 1.87 bits per heavy atom. The number of aryl methyl sites for hydroxylation is 1. The van der Waals surface area contributed by atoms with E-state index in [1.165, 1.54) is 0 Å². The molecule has 30 heavy (non-hydrogen) atoms. The fraction of sp³-hybridized carbons (Fsp3) is 0.375. The highest BCUT2D eigenvalue weighted by Crippen LogP contribution is 2.25. The van der Waals surface area contributed by atoms with Crippen LogP contribution < -0.4 is 0 Å². The van der Waals surface area contributed by atoms with Crippen molar-refractivity contribution in [3.05, 3.63) is 70.6 Å². The van der Waals surface area contributed by atoms with Crippen molar-refractivity contribution < 1.29 is 9.32 Å². The molecule has 0 saturated carbocycles. The Morgan fingerprint density at radius 1 is 1.13 bits per heavy atom. The minimum absolute atomic E-state index is 0.0317. The Morgan fingerprint density at radius 3 is 2.53 bits per heavy atom. The van der Waals surface area contributed by atoms with Crippen LogP contribution in [0.3, 0.4) is 0 Å². The van der Waals surface area contributed by atoms with Gasteiger partial charge in [-0.2, -0.15) is 4.98 Å². The average Bonchev–Trinajstić information content (AvgIpc) is 3.19. The number of rotatable bonds is 8. The zero-order chi connectivity index (χ0) is 21.7. The molecule has 0 aliphatic rings. The van der Waals surface area contributed by atoms with Crippen molar-refractivity contribution in [2.75, 3.05) is 6.54 Å². The molecule has 0 aliphatic carbocycles. The van der Waals surface area contributed by atoms with Gasteiger partial charge in [0.05, 0.1) is 6.04 Å². The summed E-state index contributed by atoms with van der Waals surface area (Å²) in [5.74, 6) is 1.43. The molecule has 158 valence electrons.